The van der Waals surface area contributed by atoms with Crippen LogP contribution in [0.3, 0.4) is 0 Å². The van der Waals surface area contributed by atoms with Crippen LogP contribution in [0.1, 0.15) is 12.8 Å². The summed E-state index contributed by atoms with van der Waals surface area (Å²) in [5, 5.41) is 11.6. The fraction of sp³-hybridized carbons (Fsp3) is 0.316. The summed E-state index contributed by atoms with van der Waals surface area (Å²) in [5.41, 5.74) is 0.270. The first-order valence-electron chi connectivity index (χ1n) is 9.31. The number of anilines is 1. The summed E-state index contributed by atoms with van der Waals surface area (Å²) in [6, 6.07) is 10.5. The van der Waals surface area contributed by atoms with Gasteiger partial charge in [0, 0.05) is 29.9 Å². The Labute approximate surface area is 193 Å². The van der Waals surface area contributed by atoms with Gasteiger partial charge in [-0.25, -0.2) is 8.42 Å². The van der Waals surface area contributed by atoms with Crippen LogP contribution in [-0.2, 0) is 14.8 Å². The lowest BCUT2D eigenvalue weighted by atomic mass is 10.0. The van der Waals surface area contributed by atoms with Crippen molar-refractivity contribution in [2.45, 2.75) is 22.6 Å². The Morgan fingerprint density at radius 2 is 1.71 bits per heavy atom. The Balaban J connectivity index is 1.57. The van der Waals surface area contributed by atoms with Gasteiger partial charge in [-0.3, -0.25) is 19.8 Å². The number of benzene rings is 2. The second-order valence-corrected chi connectivity index (χ2v) is 11.3. The van der Waals surface area contributed by atoms with Crippen molar-refractivity contribution in [2.24, 2.45) is 0 Å². The van der Waals surface area contributed by atoms with E-state index in [1.165, 1.54) is 28.2 Å². The van der Waals surface area contributed by atoms with Crippen molar-refractivity contribution in [3.63, 3.8) is 0 Å². The molecule has 2 saturated heterocycles. The van der Waals surface area contributed by atoms with Crippen molar-refractivity contribution < 1.29 is 18.1 Å². The first kappa shape index (κ1) is 22.3. The zero-order valence-corrected chi connectivity index (χ0v) is 19.2. The van der Waals surface area contributed by atoms with E-state index in [2.05, 4.69) is 0 Å². The van der Waals surface area contributed by atoms with Gasteiger partial charge in [0.05, 0.1) is 20.4 Å². The quantitative estimate of drug-likeness (QED) is 0.460. The highest BCUT2D eigenvalue weighted by molar-refractivity contribution is 8.02. The van der Waals surface area contributed by atoms with E-state index in [-0.39, 0.29) is 28.9 Å². The van der Waals surface area contributed by atoms with Crippen LogP contribution in [0, 0.1) is 10.1 Å². The van der Waals surface area contributed by atoms with Crippen molar-refractivity contribution in [3.05, 3.63) is 62.6 Å². The fourth-order valence-electron chi connectivity index (χ4n) is 3.91. The van der Waals surface area contributed by atoms with Gasteiger partial charge in [0.2, 0.25) is 15.9 Å². The summed E-state index contributed by atoms with van der Waals surface area (Å²) in [5.74, 6) is 0.288. The molecule has 2 heterocycles. The van der Waals surface area contributed by atoms with Gasteiger partial charge in [0.1, 0.15) is 5.02 Å². The predicted molar refractivity (Wildman–Crippen MR) is 120 cm³/mol. The third-order valence-corrected chi connectivity index (χ3v) is 9.45. The van der Waals surface area contributed by atoms with E-state index < -0.39 is 25.5 Å². The minimum absolute atomic E-state index is 0.0306. The van der Waals surface area contributed by atoms with E-state index in [0.29, 0.717) is 23.6 Å². The molecule has 0 radical (unpaired) electrons. The lowest BCUT2D eigenvalue weighted by molar-refractivity contribution is -0.384. The Hall–Kier alpha value is -1.85. The molecule has 2 aliphatic heterocycles. The van der Waals surface area contributed by atoms with Crippen LogP contribution in [0.25, 0.3) is 0 Å². The summed E-state index contributed by atoms with van der Waals surface area (Å²) in [7, 11) is -3.94. The first-order valence-corrected chi connectivity index (χ1v) is 12.5. The molecule has 8 nitrogen and oxygen atoms in total. The monoisotopic (exact) mass is 501 g/mol. The average Bonchev–Trinajstić information content (AvgIpc) is 3.04. The lowest BCUT2D eigenvalue weighted by Crippen LogP contribution is -2.53. The molecule has 4 rings (SSSR count). The van der Waals surface area contributed by atoms with Gasteiger partial charge in [0.25, 0.3) is 5.69 Å². The molecule has 0 atom stereocenters. The van der Waals surface area contributed by atoms with Crippen molar-refractivity contribution in [3.8, 4) is 0 Å². The number of halogens is 2. The Bertz CT molecular complexity index is 1150. The summed E-state index contributed by atoms with van der Waals surface area (Å²) in [4.78, 5) is 24.1. The van der Waals surface area contributed by atoms with Crippen LogP contribution in [0.4, 0.5) is 11.4 Å². The van der Waals surface area contributed by atoms with Crippen LogP contribution in [0.2, 0.25) is 10.0 Å². The largest absolute Gasteiger partial charge is 0.296 e. The number of amides is 1. The maximum Gasteiger partial charge on any atom is 0.289 e. The predicted octanol–water partition coefficient (Wildman–Crippen LogP) is 4.16. The lowest BCUT2D eigenvalue weighted by Gasteiger charge is -2.43. The van der Waals surface area contributed by atoms with Gasteiger partial charge in [-0.05, 0) is 49.2 Å². The van der Waals surface area contributed by atoms with Gasteiger partial charge < -0.3 is 0 Å². The van der Waals surface area contributed by atoms with E-state index in [9.17, 15) is 23.3 Å². The number of hydrogen-bond acceptors (Lipinski definition) is 6. The van der Waals surface area contributed by atoms with Crippen LogP contribution in [0.5, 0.6) is 0 Å². The standard InChI is InChI=1S/C19H17Cl2N3O5S2/c20-13-1-3-14(4-2-13)23-18(25)12-30-19(23)7-9-22(10-8-19)31(28,29)15-5-6-16(21)17(11-15)24(26)27/h1-6,11H,7-10,12H2. The van der Waals surface area contributed by atoms with E-state index in [0.717, 1.165) is 11.8 Å². The molecule has 164 valence electrons. The normalized spacial score (nSPS) is 19.2. The second kappa shape index (κ2) is 8.25. The Morgan fingerprint density at radius 3 is 2.32 bits per heavy atom. The van der Waals surface area contributed by atoms with Crippen molar-refractivity contribution in [1.82, 2.24) is 4.31 Å². The number of sulfonamides is 1. The first-order chi connectivity index (χ1) is 14.6. The van der Waals surface area contributed by atoms with Gasteiger partial charge in [-0.2, -0.15) is 4.31 Å². The van der Waals surface area contributed by atoms with Gasteiger partial charge in [0.15, 0.2) is 0 Å². The van der Waals surface area contributed by atoms with E-state index in [1.807, 2.05) is 0 Å². The SMILES string of the molecule is O=C1CSC2(CCN(S(=O)(=O)c3ccc(Cl)c([N+](=O)[O-])c3)CC2)N1c1ccc(Cl)cc1. The number of piperidine rings is 1. The number of nitrogens with zero attached hydrogens (tertiary/aromatic N) is 3. The van der Waals surface area contributed by atoms with Crippen molar-refractivity contribution in [2.75, 3.05) is 23.7 Å². The summed E-state index contributed by atoms with van der Waals surface area (Å²) < 4.78 is 27.5. The topological polar surface area (TPSA) is 101 Å². The number of rotatable bonds is 4. The zero-order chi connectivity index (χ0) is 22.4. The molecule has 1 amide bonds. The molecule has 0 saturated carbocycles. The summed E-state index contributed by atoms with van der Waals surface area (Å²) in [6.45, 7) is 0.367. The molecule has 0 unspecified atom stereocenters. The number of thioether (sulfide) groups is 1. The van der Waals surface area contributed by atoms with Crippen molar-refractivity contribution >= 4 is 62.3 Å². The molecule has 2 aromatic carbocycles. The number of carbonyl (C=O) groups excluding carboxylic acids is 1. The number of carbonyl (C=O) groups is 1. The molecule has 2 aromatic rings. The van der Waals surface area contributed by atoms with Crippen LogP contribution in [-0.4, -0.2) is 47.3 Å². The molecule has 1 spiro atoms. The molecular weight excluding hydrogens is 485 g/mol. The molecule has 2 aliphatic rings. The zero-order valence-electron chi connectivity index (χ0n) is 16.0. The Kier molecular flexibility index (Phi) is 5.95. The maximum atomic E-state index is 13.1. The number of hydrogen-bond donors (Lipinski definition) is 0. The highest BCUT2D eigenvalue weighted by Gasteiger charge is 2.50. The molecule has 0 N–H and O–H groups in total. The molecule has 0 aromatic heterocycles. The minimum Gasteiger partial charge on any atom is -0.296 e. The average molecular weight is 502 g/mol. The molecule has 0 bridgehead atoms. The van der Waals surface area contributed by atoms with Crippen LogP contribution < -0.4 is 4.90 Å². The molecule has 31 heavy (non-hydrogen) atoms. The smallest absolute Gasteiger partial charge is 0.289 e. The molecule has 12 heteroatoms. The van der Waals surface area contributed by atoms with E-state index in [4.69, 9.17) is 23.2 Å². The Morgan fingerprint density at radius 1 is 1.06 bits per heavy atom. The van der Waals surface area contributed by atoms with E-state index in [1.54, 1.807) is 29.2 Å². The number of nitro groups is 1. The van der Waals surface area contributed by atoms with Crippen LogP contribution in [0.15, 0.2) is 47.4 Å². The third-order valence-electron chi connectivity index (χ3n) is 5.46. The highest BCUT2D eigenvalue weighted by atomic mass is 35.5. The highest BCUT2D eigenvalue weighted by Crippen LogP contribution is 2.47. The van der Waals surface area contributed by atoms with Gasteiger partial charge in [-0.1, -0.05) is 23.2 Å². The fourth-order valence-corrected chi connectivity index (χ4v) is 7.01. The minimum atomic E-state index is -3.94. The van der Waals surface area contributed by atoms with Gasteiger partial charge >= 0.3 is 0 Å². The second-order valence-electron chi connectivity index (χ2n) is 7.21. The van der Waals surface area contributed by atoms with Gasteiger partial charge in [-0.15, -0.1) is 11.8 Å². The number of nitro benzene ring substituents is 1. The van der Waals surface area contributed by atoms with E-state index >= 15 is 0 Å². The molecular formula is C19H17Cl2N3O5S2. The summed E-state index contributed by atoms with van der Waals surface area (Å²) >= 11 is 13.3. The third kappa shape index (κ3) is 4.03. The molecule has 2 fully saturated rings. The summed E-state index contributed by atoms with van der Waals surface area (Å²) in [6.07, 6.45) is 0.863. The van der Waals surface area contributed by atoms with Crippen molar-refractivity contribution in [1.29, 1.82) is 0 Å². The maximum absolute atomic E-state index is 13.1. The molecule has 0 aliphatic carbocycles. The van der Waals surface area contributed by atoms with Crippen LogP contribution >= 0.6 is 35.0 Å².